The van der Waals surface area contributed by atoms with Crippen LogP contribution in [0.15, 0.2) is 67.0 Å². The number of aromatic nitrogens is 4. The van der Waals surface area contributed by atoms with Crippen LogP contribution in [0.4, 0.5) is 0 Å². The first-order chi connectivity index (χ1) is 10.9. The highest BCUT2D eigenvalue weighted by Gasteiger charge is 2.02. The number of benzene rings is 2. The molecule has 2 aromatic carbocycles. The highest BCUT2D eigenvalue weighted by Crippen LogP contribution is 2.26. The number of ether oxygens (including phenoxy) is 1. The standard InChI is InChI=1S/C17H12N4O/c1-2-14-10-13(5-8-16(14)18-9-1)12-3-6-15(7-4-12)22-17-11-19-21-20-17/h1-11H,(H,19,20,21). The summed E-state index contributed by atoms with van der Waals surface area (Å²) < 4.78 is 5.59. The first-order valence-electron chi connectivity index (χ1n) is 6.88. The van der Waals surface area contributed by atoms with Crippen molar-refractivity contribution in [2.75, 3.05) is 0 Å². The highest BCUT2D eigenvalue weighted by molar-refractivity contribution is 5.84. The minimum absolute atomic E-state index is 0.518. The van der Waals surface area contributed by atoms with Crippen molar-refractivity contribution in [1.82, 2.24) is 20.4 Å². The van der Waals surface area contributed by atoms with Crippen molar-refractivity contribution in [1.29, 1.82) is 0 Å². The number of nitrogens with zero attached hydrogens (tertiary/aromatic N) is 3. The lowest BCUT2D eigenvalue weighted by molar-refractivity contribution is 0.461. The zero-order valence-corrected chi connectivity index (χ0v) is 11.6. The molecule has 1 N–H and O–H groups in total. The van der Waals surface area contributed by atoms with Crippen molar-refractivity contribution in [2.24, 2.45) is 0 Å². The second-order valence-corrected chi connectivity index (χ2v) is 4.86. The van der Waals surface area contributed by atoms with E-state index in [0.717, 1.165) is 27.8 Å². The maximum atomic E-state index is 5.59. The molecule has 0 aliphatic carbocycles. The van der Waals surface area contributed by atoms with Crippen molar-refractivity contribution in [2.45, 2.75) is 0 Å². The highest BCUT2D eigenvalue weighted by atomic mass is 16.5. The number of hydrogen-bond acceptors (Lipinski definition) is 4. The molecule has 0 amide bonds. The Bertz CT molecular complexity index is 902. The van der Waals surface area contributed by atoms with E-state index in [-0.39, 0.29) is 0 Å². The number of rotatable bonds is 3. The van der Waals surface area contributed by atoms with Crippen LogP contribution in [-0.2, 0) is 0 Å². The Labute approximate surface area is 126 Å². The van der Waals surface area contributed by atoms with Gasteiger partial charge >= 0.3 is 0 Å². The third kappa shape index (κ3) is 2.40. The molecular weight excluding hydrogens is 276 g/mol. The summed E-state index contributed by atoms with van der Waals surface area (Å²) in [7, 11) is 0. The van der Waals surface area contributed by atoms with Gasteiger partial charge in [-0.05, 0) is 41.5 Å². The number of aromatic amines is 1. The molecule has 2 heterocycles. The van der Waals surface area contributed by atoms with E-state index in [2.05, 4.69) is 38.6 Å². The summed E-state index contributed by atoms with van der Waals surface area (Å²) >= 11 is 0. The summed E-state index contributed by atoms with van der Waals surface area (Å²) in [6, 6.07) is 18.1. The zero-order valence-electron chi connectivity index (χ0n) is 11.6. The summed E-state index contributed by atoms with van der Waals surface area (Å²) in [6.07, 6.45) is 3.34. The largest absolute Gasteiger partial charge is 0.438 e. The van der Waals surface area contributed by atoms with Crippen LogP contribution in [0.5, 0.6) is 11.6 Å². The van der Waals surface area contributed by atoms with Crippen LogP contribution in [0, 0.1) is 0 Å². The fourth-order valence-electron chi connectivity index (χ4n) is 2.34. The fourth-order valence-corrected chi connectivity index (χ4v) is 2.34. The number of hydrogen-bond donors (Lipinski definition) is 1. The van der Waals surface area contributed by atoms with Gasteiger partial charge in [-0.3, -0.25) is 4.98 Å². The van der Waals surface area contributed by atoms with E-state index in [9.17, 15) is 0 Å². The summed E-state index contributed by atoms with van der Waals surface area (Å²) in [5.74, 6) is 1.25. The molecule has 2 aromatic heterocycles. The Kier molecular flexibility index (Phi) is 3.01. The van der Waals surface area contributed by atoms with Gasteiger partial charge in [0, 0.05) is 11.6 Å². The third-order valence-corrected chi connectivity index (χ3v) is 3.41. The van der Waals surface area contributed by atoms with E-state index >= 15 is 0 Å². The molecule has 0 aliphatic heterocycles. The molecule has 0 saturated carbocycles. The van der Waals surface area contributed by atoms with E-state index in [4.69, 9.17) is 4.74 Å². The lowest BCUT2D eigenvalue weighted by Gasteiger charge is -2.06. The zero-order chi connectivity index (χ0) is 14.8. The Morgan fingerprint density at radius 2 is 1.77 bits per heavy atom. The van der Waals surface area contributed by atoms with Crippen molar-refractivity contribution < 1.29 is 4.74 Å². The fraction of sp³-hybridized carbons (Fsp3) is 0. The Morgan fingerprint density at radius 1 is 0.909 bits per heavy atom. The lowest BCUT2D eigenvalue weighted by Crippen LogP contribution is -1.85. The second kappa shape index (κ2) is 5.29. The molecule has 0 fully saturated rings. The molecule has 0 bridgehead atoms. The van der Waals surface area contributed by atoms with Crippen molar-refractivity contribution >= 4 is 10.9 Å². The SMILES string of the molecule is c1cnc2ccc(-c3ccc(Oc4cnn[nH]4)cc3)cc2c1. The summed E-state index contributed by atoms with van der Waals surface area (Å²) in [5.41, 5.74) is 3.27. The monoisotopic (exact) mass is 288 g/mol. The van der Waals surface area contributed by atoms with Gasteiger partial charge in [-0.1, -0.05) is 29.5 Å². The molecule has 0 unspecified atom stereocenters. The predicted octanol–water partition coefficient (Wildman–Crippen LogP) is 3.81. The van der Waals surface area contributed by atoms with Crippen LogP contribution >= 0.6 is 0 Å². The molecule has 0 spiro atoms. The average Bonchev–Trinajstić information content (AvgIpc) is 3.08. The molecule has 22 heavy (non-hydrogen) atoms. The van der Waals surface area contributed by atoms with Gasteiger partial charge < -0.3 is 4.74 Å². The molecule has 5 nitrogen and oxygen atoms in total. The molecule has 4 rings (SSSR count). The minimum atomic E-state index is 0.518. The van der Waals surface area contributed by atoms with Gasteiger partial charge in [-0.15, -0.1) is 5.10 Å². The van der Waals surface area contributed by atoms with Gasteiger partial charge in [0.25, 0.3) is 0 Å². The molecular formula is C17H12N4O. The number of pyridine rings is 1. The van der Waals surface area contributed by atoms with Gasteiger partial charge in [0.15, 0.2) is 0 Å². The molecule has 5 heteroatoms. The van der Waals surface area contributed by atoms with Gasteiger partial charge in [0.1, 0.15) is 11.9 Å². The van der Waals surface area contributed by atoms with Crippen LogP contribution in [0.25, 0.3) is 22.0 Å². The quantitative estimate of drug-likeness (QED) is 0.622. The van der Waals surface area contributed by atoms with E-state index in [1.165, 1.54) is 6.20 Å². The van der Waals surface area contributed by atoms with Crippen LogP contribution in [0.1, 0.15) is 0 Å². The Hall–Kier alpha value is -3.21. The third-order valence-electron chi connectivity index (χ3n) is 3.41. The minimum Gasteiger partial charge on any atom is -0.438 e. The van der Waals surface area contributed by atoms with Crippen LogP contribution in [-0.4, -0.2) is 20.4 Å². The van der Waals surface area contributed by atoms with E-state index in [1.807, 2.05) is 36.4 Å². The molecule has 0 saturated heterocycles. The average molecular weight is 288 g/mol. The maximum absolute atomic E-state index is 5.59. The van der Waals surface area contributed by atoms with Gasteiger partial charge in [0.05, 0.1) is 5.52 Å². The summed E-state index contributed by atoms with van der Waals surface area (Å²) in [4.78, 5) is 4.34. The number of H-pyrrole nitrogens is 1. The molecule has 4 aromatic rings. The van der Waals surface area contributed by atoms with E-state index < -0.39 is 0 Å². The lowest BCUT2D eigenvalue weighted by atomic mass is 10.0. The van der Waals surface area contributed by atoms with E-state index in [1.54, 1.807) is 6.20 Å². The number of fused-ring (bicyclic) bond motifs is 1. The van der Waals surface area contributed by atoms with Crippen LogP contribution in [0.3, 0.4) is 0 Å². The molecule has 106 valence electrons. The van der Waals surface area contributed by atoms with Crippen molar-refractivity contribution in [3.8, 4) is 22.8 Å². The first kappa shape index (κ1) is 12.5. The van der Waals surface area contributed by atoms with E-state index in [0.29, 0.717) is 5.88 Å². The Morgan fingerprint density at radius 3 is 2.59 bits per heavy atom. The second-order valence-electron chi connectivity index (χ2n) is 4.86. The summed E-state index contributed by atoms with van der Waals surface area (Å²) in [5, 5.41) is 11.1. The van der Waals surface area contributed by atoms with Crippen molar-refractivity contribution in [3.63, 3.8) is 0 Å². The predicted molar refractivity (Wildman–Crippen MR) is 83.6 cm³/mol. The number of nitrogens with one attached hydrogen (secondary N) is 1. The first-order valence-corrected chi connectivity index (χ1v) is 6.88. The smallest absolute Gasteiger partial charge is 0.235 e. The normalized spacial score (nSPS) is 10.7. The van der Waals surface area contributed by atoms with Crippen LogP contribution < -0.4 is 4.74 Å². The topological polar surface area (TPSA) is 63.7 Å². The van der Waals surface area contributed by atoms with Crippen molar-refractivity contribution in [3.05, 3.63) is 67.0 Å². The summed E-state index contributed by atoms with van der Waals surface area (Å²) in [6.45, 7) is 0. The van der Waals surface area contributed by atoms with Crippen LogP contribution in [0.2, 0.25) is 0 Å². The van der Waals surface area contributed by atoms with Gasteiger partial charge in [0.2, 0.25) is 5.88 Å². The Balaban J connectivity index is 1.63. The maximum Gasteiger partial charge on any atom is 0.235 e. The van der Waals surface area contributed by atoms with Gasteiger partial charge in [-0.25, -0.2) is 5.10 Å². The molecule has 0 radical (unpaired) electrons. The van der Waals surface area contributed by atoms with Gasteiger partial charge in [-0.2, -0.15) is 0 Å². The molecule has 0 aliphatic rings. The molecule has 0 atom stereocenters.